The van der Waals surface area contributed by atoms with Crippen LogP contribution in [0.4, 0.5) is 8.78 Å². The van der Waals surface area contributed by atoms with Gasteiger partial charge in [-0.25, -0.2) is 0 Å². The lowest BCUT2D eigenvalue weighted by molar-refractivity contribution is -0.0507. The molecule has 1 saturated carbocycles. The molecule has 128 valence electrons. The average Bonchev–Trinajstić information content (AvgIpc) is 2.87. The molecule has 1 fully saturated rings. The van der Waals surface area contributed by atoms with Crippen LogP contribution in [0, 0.1) is 13.8 Å². The lowest BCUT2D eigenvalue weighted by Crippen LogP contribution is -2.42. The Morgan fingerprint density at radius 1 is 1.30 bits per heavy atom. The van der Waals surface area contributed by atoms with Gasteiger partial charge in [0.15, 0.2) is 0 Å². The maximum absolute atomic E-state index is 12.5. The highest BCUT2D eigenvalue weighted by molar-refractivity contribution is 5.94. The molecule has 0 heterocycles. The predicted molar refractivity (Wildman–Crippen MR) is 82.9 cm³/mol. The number of benzene rings is 1. The molecule has 0 atom stereocenters. The Morgan fingerprint density at radius 3 is 2.30 bits per heavy atom. The molecule has 1 aromatic carbocycles. The van der Waals surface area contributed by atoms with Gasteiger partial charge in [-0.15, -0.1) is 0 Å². The molecule has 1 N–H and O–H groups in total. The summed E-state index contributed by atoms with van der Waals surface area (Å²) in [6.45, 7) is 0.644. The summed E-state index contributed by atoms with van der Waals surface area (Å²) in [7, 11) is 1.65. The van der Waals surface area contributed by atoms with Crippen molar-refractivity contribution in [1.82, 2.24) is 4.90 Å². The molecule has 0 bridgehead atoms. The van der Waals surface area contributed by atoms with E-state index in [0.717, 1.165) is 12.8 Å². The third-order valence-electron chi connectivity index (χ3n) is 4.33. The van der Waals surface area contributed by atoms with Gasteiger partial charge in [0, 0.05) is 19.2 Å². The van der Waals surface area contributed by atoms with Gasteiger partial charge in [0.25, 0.3) is 5.91 Å². The van der Waals surface area contributed by atoms with E-state index in [1.54, 1.807) is 33.0 Å². The molecule has 2 rings (SSSR count). The van der Waals surface area contributed by atoms with Crippen molar-refractivity contribution < 1.29 is 23.4 Å². The van der Waals surface area contributed by atoms with E-state index >= 15 is 0 Å². The third-order valence-corrected chi connectivity index (χ3v) is 4.33. The van der Waals surface area contributed by atoms with E-state index in [0.29, 0.717) is 29.5 Å². The van der Waals surface area contributed by atoms with Crippen molar-refractivity contribution >= 4 is 5.91 Å². The highest BCUT2D eigenvalue weighted by Crippen LogP contribution is 2.31. The smallest absolute Gasteiger partial charge is 0.387 e. The molecule has 6 heteroatoms. The number of amides is 1. The fraction of sp³-hybridized carbons (Fsp3) is 0.588. The molecule has 1 aliphatic rings. The number of ether oxygens (including phenoxy) is 1. The van der Waals surface area contributed by atoms with Crippen molar-refractivity contribution in [1.29, 1.82) is 0 Å². The Kier molecular flexibility index (Phi) is 5.24. The summed E-state index contributed by atoms with van der Waals surface area (Å²) in [5, 5.41) is 10.4. The zero-order valence-electron chi connectivity index (χ0n) is 13.7. The topological polar surface area (TPSA) is 49.8 Å². The minimum Gasteiger partial charge on any atom is -0.434 e. The van der Waals surface area contributed by atoms with Crippen molar-refractivity contribution in [2.45, 2.75) is 51.7 Å². The maximum atomic E-state index is 12.5. The van der Waals surface area contributed by atoms with Gasteiger partial charge in [-0.2, -0.15) is 8.78 Å². The molecule has 0 unspecified atom stereocenters. The lowest BCUT2D eigenvalue weighted by Gasteiger charge is -2.29. The Balaban J connectivity index is 2.15. The minimum absolute atomic E-state index is 0.105. The van der Waals surface area contributed by atoms with E-state index in [9.17, 15) is 18.7 Å². The molecule has 0 radical (unpaired) electrons. The quantitative estimate of drug-likeness (QED) is 0.903. The lowest BCUT2D eigenvalue weighted by atomic mass is 10.0. The first-order valence-corrected chi connectivity index (χ1v) is 7.76. The van der Waals surface area contributed by atoms with Gasteiger partial charge in [-0.3, -0.25) is 4.79 Å². The Hall–Kier alpha value is -1.69. The molecule has 0 aliphatic heterocycles. The summed E-state index contributed by atoms with van der Waals surface area (Å²) in [4.78, 5) is 14.0. The second-order valence-electron chi connectivity index (χ2n) is 6.41. The van der Waals surface area contributed by atoms with Gasteiger partial charge in [-0.05, 0) is 49.9 Å². The predicted octanol–water partition coefficient (Wildman–Crippen LogP) is 3.28. The molecule has 1 amide bonds. The van der Waals surface area contributed by atoms with E-state index in [4.69, 9.17) is 0 Å². The van der Waals surface area contributed by atoms with Crippen LogP contribution >= 0.6 is 0 Å². The van der Waals surface area contributed by atoms with Crippen LogP contribution in [-0.2, 0) is 0 Å². The first kappa shape index (κ1) is 17.7. The number of hydrogen-bond donors (Lipinski definition) is 1. The van der Waals surface area contributed by atoms with E-state index < -0.39 is 12.2 Å². The first-order chi connectivity index (χ1) is 10.7. The number of rotatable bonds is 5. The van der Waals surface area contributed by atoms with Gasteiger partial charge in [0.1, 0.15) is 5.75 Å². The summed E-state index contributed by atoms with van der Waals surface area (Å²) in [6.07, 6.45) is 3.33. The van der Waals surface area contributed by atoms with Crippen LogP contribution in [0.2, 0.25) is 0 Å². The second-order valence-corrected chi connectivity index (χ2v) is 6.41. The van der Waals surface area contributed by atoms with Crippen LogP contribution in [0.5, 0.6) is 5.75 Å². The zero-order chi connectivity index (χ0) is 17.2. The second kappa shape index (κ2) is 6.83. The van der Waals surface area contributed by atoms with E-state index in [1.165, 1.54) is 4.90 Å². The highest BCUT2D eigenvalue weighted by atomic mass is 19.3. The number of alkyl halides is 2. The molecular formula is C17H23F2NO3. The molecule has 0 aromatic heterocycles. The summed E-state index contributed by atoms with van der Waals surface area (Å²) in [5.41, 5.74) is 0.571. The van der Waals surface area contributed by atoms with Gasteiger partial charge in [0.2, 0.25) is 0 Å². The molecule has 1 aliphatic carbocycles. The summed E-state index contributed by atoms with van der Waals surface area (Å²) in [5.74, 6) is -0.131. The monoisotopic (exact) mass is 327 g/mol. The Morgan fingerprint density at radius 2 is 1.83 bits per heavy atom. The van der Waals surface area contributed by atoms with Gasteiger partial charge in [-0.1, -0.05) is 12.8 Å². The van der Waals surface area contributed by atoms with Crippen LogP contribution in [0.25, 0.3) is 0 Å². The molecule has 1 aromatic rings. The maximum Gasteiger partial charge on any atom is 0.387 e. The van der Waals surface area contributed by atoms with Crippen molar-refractivity contribution in [2.24, 2.45) is 0 Å². The number of halogens is 2. The number of aryl methyl sites for hydroxylation is 2. The normalized spacial score (nSPS) is 16.7. The highest BCUT2D eigenvalue weighted by Gasteiger charge is 2.33. The Bertz CT molecular complexity index is 560. The van der Waals surface area contributed by atoms with Crippen molar-refractivity contribution in [3.63, 3.8) is 0 Å². The number of likely N-dealkylation sites (N-methyl/N-ethyl adjacent to an activating group) is 1. The van der Waals surface area contributed by atoms with Crippen LogP contribution < -0.4 is 4.74 Å². The number of hydrogen-bond acceptors (Lipinski definition) is 3. The van der Waals surface area contributed by atoms with Crippen LogP contribution in [0.3, 0.4) is 0 Å². The fourth-order valence-corrected chi connectivity index (χ4v) is 3.27. The number of carbonyl (C=O) groups excluding carboxylic acids is 1. The van der Waals surface area contributed by atoms with Crippen molar-refractivity contribution in [3.05, 3.63) is 28.8 Å². The zero-order valence-corrected chi connectivity index (χ0v) is 13.7. The van der Waals surface area contributed by atoms with Gasteiger partial charge in [0.05, 0.1) is 5.60 Å². The largest absolute Gasteiger partial charge is 0.434 e. The molecular weight excluding hydrogens is 304 g/mol. The Labute approximate surface area is 135 Å². The van der Waals surface area contributed by atoms with Crippen LogP contribution in [0.1, 0.15) is 47.2 Å². The first-order valence-electron chi connectivity index (χ1n) is 7.76. The molecule has 23 heavy (non-hydrogen) atoms. The SMILES string of the molecule is Cc1cc(C(=O)N(C)CC2(O)CCCC2)cc(C)c1OC(F)F. The number of aliphatic hydroxyl groups is 1. The fourth-order valence-electron chi connectivity index (χ4n) is 3.27. The molecule has 0 saturated heterocycles. The van der Waals surface area contributed by atoms with Crippen molar-refractivity contribution in [3.8, 4) is 5.75 Å². The van der Waals surface area contributed by atoms with E-state index in [1.807, 2.05) is 0 Å². The van der Waals surface area contributed by atoms with E-state index in [2.05, 4.69) is 4.74 Å². The van der Waals surface area contributed by atoms with Gasteiger partial charge >= 0.3 is 6.61 Å². The summed E-state index contributed by atoms with van der Waals surface area (Å²) in [6, 6.07) is 3.09. The van der Waals surface area contributed by atoms with Crippen molar-refractivity contribution in [2.75, 3.05) is 13.6 Å². The minimum atomic E-state index is -2.90. The van der Waals surface area contributed by atoms with Crippen LogP contribution in [0.15, 0.2) is 12.1 Å². The van der Waals surface area contributed by atoms with Gasteiger partial charge < -0.3 is 14.7 Å². The molecule has 0 spiro atoms. The third kappa shape index (κ3) is 4.19. The van der Waals surface area contributed by atoms with Crippen LogP contribution in [-0.4, -0.2) is 41.7 Å². The summed E-state index contributed by atoms with van der Waals surface area (Å²) < 4.78 is 29.3. The standard InChI is InChI=1S/C17H23F2NO3/c1-11-8-13(9-12(2)14(11)23-16(18)19)15(21)20(3)10-17(22)6-4-5-7-17/h8-9,16,22H,4-7,10H2,1-3H3. The number of carbonyl (C=O) groups is 1. The average molecular weight is 327 g/mol. The number of nitrogens with zero attached hydrogens (tertiary/aromatic N) is 1. The van der Waals surface area contributed by atoms with E-state index in [-0.39, 0.29) is 18.2 Å². The molecule has 4 nitrogen and oxygen atoms in total. The summed E-state index contributed by atoms with van der Waals surface area (Å²) >= 11 is 0.